The molecule has 1 fully saturated rings. The minimum Gasteiger partial charge on any atom is -0.376 e. The Kier molecular flexibility index (Phi) is 6.56. The Labute approximate surface area is 199 Å². The minimum absolute atomic E-state index is 0.141. The van der Waals surface area contributed by atoms with Crippen molar-refractivity contribution >= 4 is 34.9 Å². The fourth-order valence-electron chi connectivity index (χ4n) is 3.64. The van der Waals surface area contributed by atoms with E-state index in [1.54, 1.807) is 17.4 Å². The zero-order valence-corrected chi connectivity index (χ0v) is 19.7. The monoisotopic (exact) mass is 481 g/mol. The highest BCUT2D eigenvalue weighted by molar-refractivity contribution is 7.99. The third kappa shape index (κ3) is 5.18. The van der Waals surface area contributed by atoms with Gasteiger partial charge < -0.3 is 9.26 Å². The number of nitrogens with one attached hydrogen (secondary N) is 1. The number of benzene rings is 1. The summed E-state index contributed by atoms with van der Waals surface area (Å²) in [6, 6.07) is 13.7. The maximum atomic E-state index is 12.6. The Morgan fingerprint density at radius 1 is 1.27 bits per heavy atom. The predicted molar refractivity (Wildman–Crippen MR) is 128 cm³/mol. The molecule has 4 heterocycles. The van der Waals surface area contributed by atoms with E-state index in [0.29, 0.717) is 23.3 Å². The van der Waals surface area contributed by atoms with Crippen molar-refractivity contribution in [1.29, 1.82) is 0 Å². The maximum absolute atomic E-state index is 12.6. The molecule has 0 bridgehead atoms. The highest BCUT2D eigenvalue weighted by atomic mass is 32.2. The number of carbonyl (C=O) groups is 1. The Morgan fingerprint density at radius 2 is 2.15 bits per heavy atom. The van der Waals surface area contributed by atoms with Crippen molar-refractivity contribution < 1.29 is 14.1 Å². The third-order valence-electron chi connectivity index (χ3n) is 5.32. The van der Waals surface area contributed by atoms with E-state index in [9.17, 15) is 4.79 Å². The van der Waals surface area contributed by atoms with Crippen molar-refractivity contribution in [3.05, 3.63) is 53.4 Å². The first kappa shape index (κ1) is 21.9. The Morgan fingerprint density at radius 3 is 2.91 bits per heavy atom. The largest absolute Gasteiger partial charge is 0.376 e. The van der Waals surface area contributed by atoms with E-state index in [1.807, 2.05) is 48.7 Å². The lowest BCUT2D eigenvalue weighted by Gasteiger charge is -2.14. The van der Waals surface area contributed by atoms with Crippen LogP contribution in [0.4, 0.5) is 5.88 Å². The van der Waals surface area contributed by atoms with Gasteiger partial charge in [0, 0.05) is 18.2 Å². The standard InChI is InChI=1S/C23H23N5O3S2/c1-15-6-8-16(9-7-15)18-12-21(31-27-18)24-20(29)14-33-23-26-25-22(19-5-3-11-32-19)28(23)13-17-4-2-10-30-17/h3,5-9,11-12,17H,2,4,10,13-14H2,1H3,(H,24,29)/t17-/m1/s1. The molecule has 170 valence electrons. The first-order valence-corrected chi connectivity index (χ1v) is 12.6. The van der Waals surface area contributed by atoms with Crippen LogP contribution in [0.25, 0.3) is 22.0 Å². The average molecular weight is 482 g/mol. The molecule has 8 nitrogen and oxygen atoms in total. The molecule has 1 aromatic carbocycles. The zero-order valence-electron chi connectivity index (χ0n) is 18.1. The summed E-state index contributed by atoms with van der Waals surface area (Å²) in [7, 11) is 0. The second kappa shape index (κ2) is 9.90. The van der Waals surface area contributed by atoms with Crippen LogP contribution in [0, 0.1) is 6.92 Å². The Balaban J connectivity index is 1.24. The second-order valence-corrected chi connectivity index (χ2v) is 9.70. The molecule has 1 N–H and O–H groups in total. The van der Waals surface area contributed by atoms with Crippen LogP contribution in [0.5, 0.6) is 0 Å². The maximum Gasteiger partial charge on any atom is 0.237 e. The van der Waals surface area contributed by atoms with Crippen molar-refractivity contribution in [2.24, 2.45) is 0 Å². The second-order valence-electron chi connectivity index (χ2n) is 7.81. The summed E-state index contributed by atoms with van der Waals surface area (Å²) in [4.78, 5) is 13.6. The van der Waals surface area contributed by atoms with Crippen LogP contribution in [0.3, 0.4) is 0 Å². The molecule has 4 aromatic rings. The van der Waals surface area contributed by atoms with Gasteiger partial charge in [0.2, 0.25) is 11.8 Å². The SMILES string of the molecule is Cc1ccc(-c2cc(NC(=O)CSc3nnc(-c4cccs4)n3C[C@H]3CCCO3)on2)cc1. The first-order chi connectivity index (χ1) is 16.2. The molecule has 0 unspecified atom stereocenters. The number of thioether (sulfide) groups is 1. The van der Waals surface area contributed by atoms with E-state index in [2.05, 4.69) is 25.2 Å². The van der Waals surface area contributed by atoms with E-state index >= 15 is 0 Å². The lowest BCUT2D eigenvalue weighted by atomic mass is 10.1. The summed E-state index contributed by atoms with van der Waals surface area (Å²) in [6.07, 6.45) is 2.22. The van der Waals surface area contributed by atoms with Crippen LogP contribution in [-0.4, -0.2) is 44.3 Å². The number of nitrogens with zero attached hydrogens (tertiary/aromatic N) is 4. The van der Waals surface area contributed by atoms with Crippen molar-refractivity contribution in [3.63, 3.8) is 0 Å². The number of anilines is 1. The summed E-state index contributed by atoms with van der Waals surface area (Å²) in [6.45, 7) is 3.49. The van der Waals surface area contributed by atoms with Crippen LogP contribution in [0.15, 0.2) is 57.5 Å². The molecule has 1 aliphatic heterocycles. The van der Waals surface area contributed by atoms with Crippen LogP contribution in [0.2, 0.25) is 0 Å². The van der Waals surface area contributed by atoms with E-state index in [-0.39, 0.29) is 17.8 Å². The third-order valence-corrected chi connectivity index (χ3v) is 7.15. The number of aromatic nitrogens is 4. The molecule has 0 spiro atoms. The van der Waals surface area contributed by atoms with Crippen molar-refractivity contribution in [3.8, 4) is 22.0 Å². The molecule has 1 saturated heterocycles. The molecule has 5 rings (SSSR count). The molecule has 1 atom stereocenters. The summed E-state index contributed by atoms with van der Waals surface area (Å²) in [5.41, 5.74) is 2.78. The number of carbonyl (C=O) groups excluding carboxylic acids is 1. The number of aryl methyl sites for hydroxylation is 1. The van der Waals surface area contributed by atoms with Gasteiger partial charge >= 0.3 is 0 Å². The van der Waals surface area contributed by atoms with Gasteiger partial charge in [0.15, 0.2) is 11.0 Å². The fourth-order valence-corrected chi connectivity index (χ4v) is 5.10. The number of hydrogen-bond donors (Lipinski definition) is 1. The first-order valence-electron chi connectivity index (χ1n) is 10.7. The van der Waals surface area contributed by atoms with Gasteiger partial charge in [0.25, 0.3) is 0 Å². The van der Waals surface area contributed by atoms with Crippen LogP contribution in [0.1, 0.15) is 18.4 Å². The number of amides is 1. The number of hydrogen-bond acceptors (Lipinski definition) is 8. The van der Waals surface area contributed by atoms with Crippen LogP contribution < -0.4 is 5.32 Å². The predicted octanol–water partition coefficient (Wildman–Crippen LogP) is 4.88. The normalized spacial score (nSPS) is 15.7. The fraction of sp³-hybridized carbons (Fsp3) is 0.304. The Hall–Kier alpha value is -2.95. The number of rotatable bonds is 8. The zero-order chi connectivity index (χ0) is 22.6. The smallest absolute Gasteiger partial charge is 0.237 e. The summed E-state index contributed by atoms with van der Waals surface area (Å²) >= 11 is 2.96. The van der Waals surface area contributed by atoms with E-state index in [0.717, 1.165) is 35.7 Å². The van der Waals surface area contributed by atoms with Gasteiger partial charge in [-0.3, -0.25) is 14.7 Å². The van der Waals surface area contributed by atoms with E-state index < -0.39 is 0 Å². The number of ether oxygens (including phenoxy) is 1. The highest BCUT2D eigenvalue weighted by Gasteiger charge is 2.22. The molecular weight excluding hydrogens is 458 g/mol. The average Bonchev–Trinajstić information content (AvgIpc) is 3.61. The summed E-state index contributed by atoms with van der Waals surface area (Å²) in [5.74, 6) is 1.10. The van der Waals surface area contributed by atoms with Gasteiger partial charge in [0.05, 0.1) is 23.3 Å². The molecule has 0 radical (unpaired) electrons. The van der Waals surface area contributed by atoms with Crippen molar-refractivity contribution in [2.75, 3.05) is 17.7 Å². The summed E-state index contributed by atoms with van der Waals surface area (Å²) in [5, 5.41) is 18.3. The van der Waals surface area contributed by atoms with Gasteiger partial charge in [-0.05, 0) is 31.2 Å². The molecule has 1 amide bonds. The van der Waals surface area contributed by atoms with Crippen LogP contribution >= 0.6 is 23.1 Å². The number of thiophene rings is 1. The van der Waals surface area contributed by atoms with Crippen molar-refractivity contribution in [1.82, 2.24) is 19.9 Å². The van der Waals surface area contributed by atoms with E-state index in [4.69, 9.17) is 9.26 Å². The molecule has 1 aliphatic rings. The lowest BCUT2D eigenvalue weighted by Crippen LogP contribution is -2.18. The molecular formula is C23H23N5O3S2. The van der Waals surface area contributed by atoms with Gasteiger partial charge in [-0.25, -0.2) is 0 Å². The highest BCUT2D eigenvalue weighted by Crippen LogP contribution is 2.29. The topological polar surface area (TPSA) is 95.1 Å². The van der Waals surface area contributed by atoms with Gasteiger partial charge in [-0.15, -0.1) is 21.5 Å². The lowest BCUT2D eigenvalue weighted by molar-refractivity contribution is -0.113. The summed E-state index contributed by atoms with van der Waals surface area (Å²) < 4.78 is 13.2. The quantitative estimate of drug-likeness (QED) is 0.358. The van der Waals surface area contributed by atoms with Gasteiger partial charge in [-0.2, -0.15) is 0 Å². The molecule has 0 saturated carbocycles. The minimum atomic E-state index is -0.198. The Bertz CT molecular complexity index is 1210. The molecule has 10 heteroatoms. The molecule has 3 aromatic heterocycles. The molecule has 0 aliphatic carbocycles. The van der Waals surface area contributed by atoms with Crippen molar-refractivity contribution in [2.45, 2.75) is 37.6 Å². The molecule has 33 heavy (non-hydrogen) atoms. The van der Waals surface area contributed by atoms with Gasteiger partial charge in [0.1, 0.15) is 5.69 Å². The van der Waals surface area contributed by atoms with Gasteiger partial charge in [-0.1, -0.05) is 52.8 Å². The van der Waals surface area contributed by atoms with Crippen LogP contribution in [-0.2, 0) is 16.1 Å². The van der Waals surface area contributed by atoms with E-state index in [1.165, 1.54) is 17.3 Å².